The maximum Gasteiger partial charge on any atom is 0.146 e. The van der Waals surface area contributed by atoms with Gasteiger partial charge in [-0.25, -0.2) is 19.3 Å². The van der Waals surface area contributed by atoms with E-state index in [1.54, 1.807) is 24.4 Å². The van der Waals surface area contributed by atoms with Crippen LogP contribution in [0.5, 0.6) is 0 Å². The molecular weight excluding hydrogens is 307 g/mol. The minimum Gasteiger partial charge on any atom is -0.383 e. The summed E-state index contributed by atoms with van der Waals surface area (Å²) in [5.41, 5.74) is 7.92. The van der Waals surface area contributed by atoms with Crippen molar-refractivity contribution >= 4 is 16.9 Å². The maximum absolute atomic E-state index is 13.9. The van der Waals surface area contributed by atoms with Crippen LogP contribution in [0, 0.1) is 5.82 Å². The van der Waals surface area contributed by atoms with E-state index in [2.05, 4.69) is 19.9 Å². The van der Waals surface area contributed by atoms with Crippen LogP contribution in [0.3, 0.4) is 0 Å². The van der Waals surface area contributed by atoms with Crippen LogP contribution in [-0.2, 0) is 0 Å². The number of aromatic amines is 1. The number of fused-ring (bicyclic) bond motifs is 1. The van der Waals surface area contributed by atoms with Crippen LogP contribution >= 0.6 is 0 Å². The van der Waals surface area contributed by atoms with Crippen molar-refractivity contribution in [2.45, 2.75) is 13.0 Å². The van der Waals surface area contributed by atoms with Crippen LogP contribution in [-0.4, -0.2) is 24.5 Å². The van der Waals surface area contributed by atoms with Gasteiger partial charge in [-0.1, -0.05) is 12.1 Å². The lowest BCUT2D eigenvalue weighted by molar-refractivity contribution is 0.628. The lowest BCUT2D eigenvalue weighted by Crippen LogP contribution is -2.07. The number of H-pyrrole nitrogens is 1. The number of nitrogens with zero attached hydrogens (tertiary/aromatic N) is 4. The fourth-order valence-corrected chi connectivity index (χ4v) is 2.79. The molecule has 120 valence electrons. The van der Waals surface area contributed by atoms with Crippen molar-refractivity contribution in [1.29, 1.82) is 0 Å². The van der Waals surface area contributed by atoms with Gasteiger partial charge in [-0.2, -0.15) is 0 Å². The molecular formula is C17H15FN6. The highest BCUT2D eigenvalue weighted by Gasteiger charge is 2.16. The second-order valence-corrected chi connectivity index (χ2v) is 5.56. The molecule has 3 aromatic heterocycles. The number of nitrogens with two attached hydrogens (primary N) is 1. The molecule has 0 saturated heterocycles. The third-order valence-electron chi connectivity index (χ3n) is 4.13. The number of nitrogen functional groups attached to an aromatic ring is 1. The molecule has 1 aromatic carbocycles. The molecule has 7 heteroatoms. The second kappa shape index (κ2) is 5.45. The largest absolute Gasteiger partial charge is 0.383 e. The summed E-state index contributed by atoms with van der Waals surface area (Å²) >= 11 is 0. The maximum atomic E-state index is 13.9. The van der Waals surface area contributed by atoms with Gasteiger partial charge in [-0.15, -0.1) is 0 Å². The van der Waals surface area contributed by atoms with E-state index in [9.17, 15) is 4.39 Å². The number of aromatic nitrogens is 5. The van der Waals surface area contributed by atoms with Crippen LogP contribution in [0.1, 0.15) is 18.7 Å². The summed E-state index contributed by atoms with van der Waals surface area (Å²) in [5, 5.41) is 0.804. The Morgan fingerprint density at radius 1 is 1.17 bits per heavy atom. The Morgan fingerprint density at radius 2 is 2.00 bits per heavy atom. The van der Waals surface area contributed by atoms with Crippen molar-refractivity contribution < 1.29 is 4.39 Å². The monoisotopic (exact) mass is 322 g/mol. The molecule has 0 amide bonds. The predicted octanol–water partition coefficient (Wildman–Crippen LogP) is 3.15. The van der Waals surface area contributed by atoms with E-state index >= 15 is 0 Å². The highest BCUT2D eigenvalue weighted by molar-refractivity contribution is 5.86. The topological polar surface area (TPSA) is 85.4 Å². The van der Waals surface area contributed by atoms with Gasteiger partial charge < -0.3 is 15.3 Å². The van der Waals surface area contributed by atoms with Gasteiger partial charge in [0.15, 0.2) is 0 Å². The molecule has 3 heterocycles. The van der Waals surface area contributed by atoms with Crippen LogP contribution in [0.2, 0.25) is 0 Å². The Balaban J connectivity index is 1.74. The van der Waals surface area contributed by atoms with Gasteiger partial charge in [0.25, 0.3) is 0 Å². The van der Waals surface area contributed by atoms with E-state index in [1.165, 1.54) is 12.4 Å². The Bertz CT molecular complexity index is 1020. The first-order valence-electron chi connectivity index (χ1n) is 7.52. The zero-order valence-electron chi connectivity index (χ0n) is 12.9. The molecule has 4 rings (SSSR count). The fourth-order valence-electron chi connectivity index (χ4n) is 2.79. The van der Waals surface area contributed by atoms with Crippen molar-refractivity contribution in [1.82, 2.24) is 24.5 Å². The quantitative estimate of drug-likeness (QED) is 0.607. The summed E-state index contributed by atoms with van der Waals surface area (Å²) in [6, 6.07) is 8.37. The lowest BCUT2D eigenvalue weighted by atomic mass is 10.2. The first-order chi connectivity index (χ1) is 11.6. The summed E-state index contributed by atoms with van der Waals surface area (Å²) in [5.74, 6) is 0.640. The lowest BCUT2D eigenvalue weighted by Gasteiger charge is -2.12. The normalized spacial score (nSPS) is 12.6. The molecule has 0 saturated carbocycles. The molecule has 1 atom stereocenters. The number of hydrogen-bond acceptors (Lipinski definition) is 4. The standard InChI is InChI=1S/C17H15FN6/c1-10(24-7-6-12-15(19)21-9-22-17(12)24)14-8-20-16(23-14)11-4-2-3-5-13(11)18/h2-10H,1H3,(H,20,23)(H2,19,21,22). The highest BCUT2D eigenvalue weighted by atomic mass is 19.1. The Morgan fingerprint density at radius 3 is 2.83 bits per heavy atom. The van der Waals surface area contributed by atoms with Crippen molar-refractivity contribution in [3.63, 3.8) is 0 Å². The third-order valence-corrected chi connectivity index (χ3v) is 4.13. The van der Waals surface area contributed by atoms with Crippen molar-refractivity contribution in [2.75, 3.05) is 5.73 Å². The van der Waals surface area contributed by atoms with E-state index in [-0.39, 0.29) is 11.9 Å². The molecule has 24 heavy (non-hydrogen) atoms. The second-order valence-electron chi connectivity index (χ2n) is 5.56. The zero-order valence-corrected chi connectivity index (χ0v) is 12.9. The van der Waals surface area contributed by atoms with Crippen molar-refractivity contribution in [2.24, 2.45) is 0 Å². The molecule has 0 spiro atoms. The minimum absolute atomic E-state index is 0.0650. The molecule has 1 unspecified atom stereocenters. The summed E-state index contributed by atoms with van der Waals surface area (Å²) in [6.45, 7) is 2.01. The van der Waals surface area contributed by atoms with E-state index in [4.69, 9.17) is 5.73 Å². The van der Waals surface area contributed by atoms with Gasteiger partial charge in [0.05, 0.1) is 28.9 Å². The Labute approximate surface area is 137 Å². The van der Waals surface area contributed by atoms with Crippen LogP contribution in [0.25, 0.3) is 22.4 Å². The molecule has 0 bridgehead atoms. The van der Waals surface area contributed by atoms with Crippen LogP contribution in [0.15, 0.2) is 49.1 Å². The highest BCUT2D eigenvalue weighted by Crippen LogP contribution is 2.26. The molecule has 3 N–H and O–H groups in total. The molecule has 0 radical (unpaired) electrons. The van der Waals surface area contributed by atoms with Gasteiger partial charge in [0.2, 0.25) is 0 Å². The minimum atomic E-state index is -0.307. The average Bonchev–Trinajstić information content (AvgIpc) is 3.22. The first-order valence-corrected chi connectivity index (χ1v) is 7.52. The molecule has 0 aliphatic rings. The summed E-state index contributed by atoms with van der Waals surface area (Å²) in [6.07, 6.45) is 5.06. The number of imidazole rings is 1. The molecule has 0 fully saturated rings. The number of nitrogens with one attached hydrogen (secondary N) is 1. The number of halogens is 1. The van der Waals surface area contributed by atoms with Gasteiger partial charge in [-0.05, 0) is 25.1 Å². The number of benzene rings is 1. The van der Waals surface area contributed by atoms with Crippen LogP contribution < -0.4 is 5.73 Å². The Kier molecular flexibility index (Phi) is 3.26. The van der Waals surface area contributed by atoms with E-state index in [1.807, 2.05) is 23.8 Å². The SMILES string of the molecule is CC(c1cnc(-c2ccccc2F)[nH]1)n1ccc2c(N)ncnc21. The van der Waals surface area contributed by atoms with Crippen LogP contribution in [0.4, 0.5) is 10.2 Å². The number of rotatable bonds is 3. The van der Waals surface area contributed by atoms with Gasteiger partial charge in [-0.3, -0.25) is 0 Å². The fraction of sp³-hybridized carbons (Fsp3) is 0.118. The van der Waals surface area contributed by atoms with Gasteiger partial charge >= 0.3 is 0 Å². The number of anilines is 1. The van der Waals surface area contributed by atoms with Crippen molar-refractivity contribution in [3.8, 4) is 11.4 Å². The summed E-state index contributed by atoms with van der Waals surface area (Å²) in [4.78, 5) is 15.8. The summed E-state index contributed by atoms with van der Waals surface area (Å²) < 4.78 is 15.9. The molecule has 6 nitrogen and oxygen atoms in total. The first kappa shape index (κ1) is 14.4. The molecule has 0 aliphatic carbocycles. The van der Waals surface area contributed by atoms with Gasteiger partial charge in [0, 0.05) is 6.20 Å². The smallest absolute Gasteiger partial charge is 0.146 e. The Hall–Kier alpha value is -3.22. The summed E-state index contributed by atoms with van der Waals surface area (Å²) in [7, 11) is 0. The van der Waals surface area contributed by atoms with Gasteiger partial charge in [0.1, 0.15) is 29.4 Å². The predicted molar refractivity (Wildman–Crippen MR) is 89.7 cm³/mol. The molecule has 0 aliphatic heterocycles. The van der Waals surface area contributed by atoms with Crippen molar-refractivity contribution in [3.05, 3.63) is 60.6 Å². The van der Waals surface area contributed by atoms with E-state index in [0.29, 0.717) is 17.2 Å². The van der Waals surface area contributed by atoms with E-state index < -0.39 is 0 Å². The third kappa shape index (κ3) is 2.21. The average molecular weight is 322 g/mol. The number of hydrogen-bond donors (Lipinski definition) is 2. The zero-order chi connectivity index (χ0) is 16.7. The molecule has 4 aromatic rings. The van der Waals surface area contributed by atoms with E-state index in [0.717, 1.165) is 16.7 Å².